The Labute approximate surface area is 323 Å². The van der Waals surface area contributed by atoms with Crippen LogP contribution in [0.1, 0.15) is 80.4 Å². The van der Waals surface area contributed by atoms with E-state index in [0.717, 1.165) is 58.2 Å². The number of nitrogens with zero attached hydrogens (tertiary/aromatic N) is 1. The van der Waals surface area contributed by atoms with Gasteiger partial charge in [0.05, 0.1) is 37.2 Å². The number of amides is 1. The highest BCUT2D eigenvalue weighted by atomic mass is 32.1. The number of hydrogen-bond donors (Lipinski definition) is 2. The van der Waals surface area contributed by atoms with Crippen molar-refractivity contribution in [2.45, 2.75) is 83.3 Å². The van der Waals surface area contributed by atoms with E-state index in [4.69, 9.17) is 14.2 Å². The van der Waals surface area contributed by atoms with Crippen molar-refractivity contribution >= 4 is 33.1 Å². The van der Waals surface area contributed by atoms with Gasteiger partial charge in [-0.1, -0.05) is 56.3 Å². The van der Waals surface area contributed by atoms with Gasteiger partial charge in [-0.25, -0.2) is 0 Å². The van der Waals surface area contributed by atoms with Crippen molar-refractivity contribution in [2.24, 2.45) is 33.5 Å². The minimum atomic E-state index is -1.16. The Morgan fingerprint density at radius 2 is 1.65 bits per heavy atom. The molecule has 1 amide bonds. The molecule has 6 aliphatic carbocycles. The molecule has 1 heterocycles. The zero-order chi connectivity index (χ0) is 38.1. The SMILES string of the molecule is COCCCN(C[C@]1(O)CC[C@H]2[C@]34C=C[C@@]5(C=C3C(=O)c3cc6ccccc6s3)CC(O)CC[C@]5(C)[C@H]4CC[C@@]21C)C(=O)Cc1ccc(OC)c(OC)c1. The van der Waals surface area contributed by atoms with Gasteiger partial charge in [0.25, 0.3) is 0 Å². The van der Waals surface area contributed by atoms with Crippen LogP contribution in [0.3, 0.4) is 0 Å². The second kappa shape index (κ2) is 13.6. The van der Waals surface area contributed by atoms with Gasteiger partial charge in [0.2, 0.25) is 5.91 Å². The molecular formula is C45H55NO7S. The molecule has 0 saturated heterocycles. The normalized spacial score (nSPS) is 34.9. The maximum atomic E-state index is 15.1. The molecule has 2 N–H and O–H groups in total. The summed E-state index contributed by atoms with van der Waals surface area (Å²) in [4.78, 5) is 31.9. The van der Waals surface area contributed by atoms with Gasteiger partial charge in [-0.05, 0) is 104 Å². The van der Waals surface area contributed by atoms with Gasteiger partial charge in [-0.15, -0.1) is 11.3 Å². The number of allylic oxidation sites excluding steroid dienone is 4. The van der Waals surface area contributed by atoms with Gasteiger partial charge >= 0.3 is 0 Å². The summed E-state index contributed by atoms with van der Waals surface area (Å²) < 4.78 is 17.4. The van der Waals surface area contributed by atoms with Crippen molar-refractivity contribution in [2.75, 3.05) is 41.0 Å². The summed E-state index contributed by atoms with van der Waals surface area (Å²) >= 11 is 1.56. The number of carbonyl (C=O) groups excluding carboxylic acids is 2. The molecule has 1 unspecified atom stereocenters. The zero-order valence-corrected chi connectivity index (χ0v) is 33.2. The summed E-state index contributed by atoms with van der Waals surface area (Å²) in [6, 6.07) is 15.8. The molecule has 3 aromatic rings. The maximum Gasteiger partial charge on any atom is 0.227 e. The van der Waals surface area contributed by atoms with Crippen LogP contribution in [0.5, 0.6) is 11.5 Å². The van der Waals surface area contributed by atoms with Crippen molar-refractivity contribution in [3.63, 3.8) is 0 Å². The van der Waals surface area contributed by atoms with Crippen LogP contribution in [0.15, 0.2) is 72.3 Å². The van der Waals surface area contributed by atoms with E-state index in [1.54, 1.807) is 32.7 Å². The Hall–Kier alpha value is -3.50. The molecule has 9 heteroatoms. The minimum absolute atomic E-state index is 0.00155. The molecule has 2 spiro atoms. The lowest BCUT2D eigenvalue weighted by Gasteiger charge is -2.71. The Morgan fingerprint density at radius 1 is 0.907 bits per heavy atom. The summed E-state index contributed by atoms with van der Waals surface area (Å²) in [5.74, 6) is 1.40. The highest BCUT2D eigenvalue weighted by Gasteiger charge is 2.74. The predicted octanol–water partition coefficient (Wildman–Crippen LogP) is 7.80. The molecule has 288 valence electrons. The Bertz CT molecular complexity index is 1990. The summed E-state index contributed by atoms with van der Waals surface area (Å²) in [6.07, 6.45) is 12.7. The molecule has 8 nitrogen and oxygen atoms in total. The van der Waals surface area contributed by atoms with E-state index in [9.17, 15) is 15.0 Å². The van der Waals surface area contributed by atoms with Gasteiger partial charge in [0, 0.05) is 53.3 Å². The molecule has 0 aliphatic heterocycles. The highest BCUT2D eigenvalue weighted by Crippen LogP contribution is 2.78. The second-order valence-electron chi connectivity index (χ2n) is 17.3. The molecule has 3 fully saturated rings. The number of hydrogen-bond acceptors (Lipinski definition) is 8. The Balaban J connectivity index is 1.16. The van der Waals surface area contributed by atoms with Crippen LogP contribution < -0.4 is 9.47 Å². The fraction of sp³-hybridized carbons (Fsp3) is 0.556. The van der Waals surface area contributed by atoms with E-state index in [0.29, 0.717) is 43.9 Å². The summed E-state index contributed by atoms with van der Waals surface area (Å²) in [5.41, 5.74) is -1.12. The third kappa shape index (κ3) is 5.47. The molecular weight excluding hydrogens is 699 g/mol. The molecule has 9 rings (SSSR count). The number of benzene rings is 2. The number of methoxy groups -OCH3 is 3. The van der Waals surface area contributed by atoms with Gasteiger partial charge < -0.3 is 29.3 Å². The van der Waals surface area contributed by atoms with Crippen LogP contribution in [0.2, 0.25) is 0 Å². The van der Waals surface area contributed by atoms with Crippen molar-refractivity contribution in [3.8, 4) is 11.5 Å². The standard InChI is InChI=1S/C45H55NO7S/c1-41-16-13-31(47)26-43(41)19-20-45(32(27-43)40(49)36-25-30-9-6-7-10-35(30)54-36)37(41)14-17-42(2)38(45)15-18-44(42,50)28-46(21-8-22-51-3)39(48)24-29-11-12-33(52-4)34(23-29)53-5/h6-7,9-12,19-20,23,25,27,31,37-38,47,50H,8,13-18,21-22,24,26,28H2,1-5H3/t31?,37-,38-,41-,42+,43+,44-,45-/m1/s1. The van der Waals surface area contributed by atoms with E-state index in [1.165, 1.54) is 0 Å². The number of aliphatic hydroxyl groups excluding tert-OH is 1. The molecule has 1 aromatic heterocycles. The summed E-state index contributed by atoms with van der Waals surface area (Å²) in [7, 11) is 4.84. The van der Waals surface area contributed by atoms with Gasteiger partial charge in [-0.3, -0.25) is 9.59 Å². The summed E-state index contributed by atoms with van der Waals surface area (Å²) in [5, 5.41) is 25.3. The monoisotopic (exact) mass is 753 g/mol. The van der Waals surface area contributed by atoms with Crippen molar-refractivity contribution in [1.82, 2.24) is 4.90 Å². The number of rotatable bonds is 12. The quantitative estimate of drug-likeness (QED) is 0.111. The number of aliphatic hydroxyl groups is 2. The van der Waals surface area contributed by atoms with E-state index in [-0.39, 0.29) is 41.9 Å². The van der Waals surface area contributed by atoms with Crippen LogP contribution in [-0.4, -0.2) is 79.5 Å². The predicted molar refractivity (Wildman–Crippen MR) is 211 cm³/mol. The largest absolute Gasteiger partial charge is 0.493 e. The Morgan fingerprint density at radius 3 is 2.41 bits per heavy atom. The number of ether oxygens (including phenoxy) is 3. The first-order valence-corrected chi connectivity index (χ1v) is 20.5. The number of ketones is 1. The van der Waals surface area contributed by atoms with Crippen molar-refractivity contribution in [1.29, 1.82) is 0 Å². The molecule has 54 heavy (non-hydrogen) atoms. The zero-order valence-electron chi connectivity index (χ0n) is 32.4. The first-order valence-electron chi connectivity index (χ1n) is 19.7. The first-order chi connectivity index (χ1) is 25.9. The van der Waals surface area contributed by atoms with E-state index < -0.39 is 27.9 Å². The molecule has 3 saturated carbocycles. The molecule has 2 bridgehead atoms. The summed E-state index contributed by atoms with van der Waals surface area (Å²) in [6.45, 7) is 5.84. The number of fused-ring (bicyclic) bond motifs is 2. The molecule has 0 radical (unpaired) electrons. The molecule has 6 aliphatic rings. The third-order valence-electron chi connectivity index (χ3n) is 15.0. The van der Waals surface area contributed by atoms with Crippen LogP contribution in [0.25, 0.3) is 10.1 Å². The third-order valence-corrected chi connectivity index (χ3v) is 16.1. The van der Waals surface area contributed by atoms with Gasteiger partial charge in [0.1, 0.15) is 0 Å². The van der Waals surface area contributed by atoms with Gasteiger partial charge in [-0.2, -0.15) is 0 Å². The van der Waals surface area contributed by atoms with Crippen LogP contribution >= 0.6 is 11.3 Å². The van der Waals surface area contributed by atoms with Crippen LogP contribution in [-0.2, 0) is 16.0 Å². The smallest absolute Gasteiger partial charge is 0.227 e. The van der Waals surface area contributed by atoms with E-state index in [2.05, 4.69) is 44.2 Å². The molecule has 2 aromatic carbocycles. The lowest BCUT2D eigenvalue weighted by molar-refractivity contribution is -0.178. The number of carbonyl (C=O) groups is 2. The van der Waals surface area contributed by atoms with Crippen molar-refractivity contribution in [3.05, 3.63) is 82.8 Å². The van der Waals surface area contributed by atoms with Crippen LogP contribution in [0.4, 0.5) is 0 Å². The molecule has 8 atom stereocenters. The lowest BCUT2D eigenvalue weighted by atomic mass is 9.32. The van der Waals surface area contributed by atoms with Crippen LogP contribution in [0, 0.1) is 33.5 Å². The van der Waals surface area contributed by atoms with E-state index >= 15 is 4.79 Å². The maximum absolute atomic E-state index is 15.1. The lowest BCUT2D eigenvalue weighted by Crippen LogP contribution is -2.67. The average molecular weight is 754 g/mol. The number of thiophene rings is 1. The second-order valence-corrected chi connectivity index (χ2v) is 18.4. The topological polar surface area (TPSA) is 106 Å². The van der Waals surface area contributed by atoms with Crippen molar-refractivity contribution < 1.29 is 34.0 Å². The Kier molecular flexibility index (Phi) is 9.43. The number of Topliss-reactive ketones (excluding diaryl/α,β-unsaturated/α-hetero) is 1. The first kappa shape index (κ1) is 37.4. The van der Waals surface area contributed by atoms with Gasteiger partial charge in [0.15, 0.2) is 17.3 Å². The fourth-order valence-electron chi connectivity index (χ4n) is 12.1. The fourth-order valence-corrected chi connectivity index (χ4v) is 13.1. The average Bonchev–Trinajstić information content (AvgIpc) is 3.72. The highest BCUT2D eigenvalue weighted by molar-refractivity contribution is 7.21. The van der Waals surface area contributed by atoms with E-state index in [1.807, 2.05) is 41.3 Å². The minimum Gasteiger partial charge on any atom is -0.493 e.